The molecule has 0 aliphatic heterocycles. The monoisotopic (exact) mass is 252 g/mol. The minimum Gasteiger partial charge on any atom is -0.123 e. The maximum absolute atomic E-state index is 6.36. The van der Waals surface area contributed by atoms with Crippen molar-refractivity contribution in [2.75, 3.05) is 0 Å². The Bertz CT molecular complexity index is 268. The molecule has 1 rings (SSSR count). The average molecular weight is 253 g/mol. The third-order valence-electron chi connectivity index (χ3n) is 3.17. The fourth-order valence-corrected chi connectivity index (χ4v) is 2.45. The number of unbranched alkanes of at least 4 members (excludes halogenated alkanes) is 5. The van der Waals surface area contributed by atoms with E-state index < -0.39 is 0 Å². The Morgan fingerprint density at radius 2 is 1.59 bits per heavy atom. The van der Waals surface area contributed by atoms with Crippen molar-refractivity contribution in [3.63, 3.8) is 0 Å². The van der Waals surface area contributed by atoms with Gasteiger partial charge in [0.15, 0.2) is 0 Å². The second-order valence-corrected chi connectivity index (χ2v) is 5.46. The SMILES string of the molecule is CCCCCCCCC(Cl)Cc1ccccc1. The van der Waals surface area contributed by atoms with Gasteiger partial charge in [0.05, 0.1) is 0 Å². The van der Waals surface area contributed by atoms with Crippen molar-refractivity contribution in [2.24, 2.45) is 0 Å². The number of alkyl halides is 1. The quantitative estimate of drug-likeness (QED) is 0.397. The average Bonchev–Trinajstić information content (AvgIpc) is 2.35. The van der Waals surface area contributed by atoms with Crippen molar-refractivity contribution in [3.05, 3.63) is 35.9 Å². The van der Waals surface area contributed by atoms with E-state index >= 15 is 0 Å². The van der Waals surface area contributed by atoms with E-state index in [1.807, 2.05) is 0 Å². The van der Waals surface area contributed by atoms with Crippen molar-refractivity contribution in [2.45, 2.75) is 63.7 Å². The Labute approximate surface area is 111 Å². The topological polar surface area (TPSA) is 0 Å². The molecule has 0 bridgehead atoms. The van der Waals surface area contributed by atoms with E-state index in [4.69, 9.17) is 11.6 Å². The molecule has 0 saturated carbocycles. The zero-order valence-electron chi connectivity index (χ0n) is 11.0. The lowest BCUT2D eigenvalue weighted by Gasteiger charge is -2.09. The highest BCUT2D eigenvalue weighted by molar-refractivity contribution is 6.20. The zero-order chi connectivity index (χ0) is 12.3. The smallest absolute Gasteiger partial charge is 0.0376 e. The van der Waals surface area contributed by atoms with Gasteiger partial charge in [-0.05, 0) is 18.4 Å². The highest BCUT2D eigenvalue weighted by Gasteiger charge is 2.05. The molecule has 0 radical (unpaired) electrons. The number of benzene rings is 1. The van der Waals surface area contributed by atoms with Crippen LogP contribution in [0.25, 0.3) is 0 Å². The first-order valence-electron chi connectivity index (χ1n) is 7.01. The minimum atomic E-state index is 0.309. The van der Waals surface area contributed by atoms with E-state index in [9.17, 15) is 0 Å². The maximum atomic E-state index is 6.36. The van der Waals surface area contributed by atoms with Gasteiger partial charge in [0.1, 0.15) is 0 Å². The summed E-state index contributed by atoms with van der Waals surface area (Å²) in [5, 5.41) is 0.309. The Morgan fingerprint density at radius 3 is 2.29 bits per heavy atom. The second-order valence-electron chi connectivity index (χ2n) is 4.84. The Kier molecular flexibility index (Phi) is 8.17. The summed E-state index contributed by atoms with van der Waals surface area (Å²) >= 11 is 6.36. The van der Waals surface area contributed by atoms with Crippen LogP contribution in [0.5, 0.6) is 0 Å². The summed E-state index contributed by atoms with van der Waals surface area (Å²) in [6.07, 6.45) is 10.3. The lowest BCUT2D eigenvalue weighted by Crippen LogP contribution is -2.03. The van der Waals surface area contributed by atoms with Crippen LogP contribution in [0.1, 0.15) is 57.4 Å². The summed E-state index contributed by atoms with van der Waals surface area (Å²) < 4.78 is 0. The van der Waals surface area contributed by atoms with Gasteiger partial charge in [-0.25, -0.2) is 0 Å². The van der Waals surface area contributed by atoms with Crippen LogP contribution >= 0.6 is 11.6 Å². The molecule has 0 saturated heterocycles. The summed E-state index contributed by atoms with van der Waals surface area (Å²) in [6.45, 7) is 2.26. The van der Waals surface area contributed by atoms with Crippen molar-refractivity contribution in [3.8, 4) is 0 Å². The van der Waals surface area contributed by atoms with E-state index in [2.05, 4.69) is 37.3 Å². The van der Waals surface area contributed by atoms with Gasteiger partial charge in [0.25, 0.3) is 0 Å². The fraction of sp³-hybridized carbons (Fsp3) is 0.625. The van der Waals surface area contributed by atoms with Crippen LogP contribution in [0.2, 0.25) is 0 Å². The lowest BCUT2D eigenvalue weighted by atomic mass is 10.0. The molecule has 1 unspecified atom stereocenters. The fourth-order valence-electron chi connectivity index (χ4n) is 2.12. The van der Waals surface area contributed by atoms with Gasteiger partial charge >= 0.3 is 0 Å². The molecule has 1 aromatic rings. The van der Waals surface area contributed by atoms with Gasteiger partial charge < -0.3 is 0 Å². The molecule has 1 aromatic carbocycles. The van der Waals surface area contributed by atoms with Crippen LogP contribution in [-0.2, 0) is 6.42 Å². The molecule has 0 aliphatic carbocycles. The summed E-state index contributed by atoms with van der Waals surface area (Å²) in [7, 11) is 0. The van der Waals surface area contributed by atoms with Crippen molar-refractivity contribution >= 4 is 11.6 Å². The van der Waals surface area contributed by atoms with E-state index in [1.165, 1.54) is 44.1 Å². The first kappa shape index (κ1) is 14.6. The van der Waals surface area contributed by atoms with Crippen LogP contribution < -0.4 is 0 Å². The maximum Gasteiger partial charge on any atom is 0.0376 e. The van der Waals surface area contributed by atoms with Crippen molar-refractivity contribution in [1.82, 2.24) is 0 Å². The van der Waals surface area contributed by atoms with Crippen LogP contribution in [0, 0.1) is 0 Å². The van der Waals surface area contributed by atoms with Gasteiger partial charge in [0, 0.05) is 5.38 Å². The highest BCUT2D eigenvalue weighted by Crippen LogP contribution is 2.15. The van der Waals surface area contributed by atoms with Crippen molar-refractivity contribution in [1.29, 1.82) is 0 Å². The van der Waals surface area contributed by atoms with Gasteiger partial charge in [-0.1, -0.05) is 75.8 Å². The largest absolute Gasteiger partial charge is 0.123 e. The molecule has 1 heteroatoms. The predicted molar refractivity (Wildman–Crippen MR) is 77.8 cm³/mol. The number of hydrogen-bond acceptors (Lipinski definition) is 0. The molecule has 0 spiro atoms. The van der Waals surface area contributed by atoms with Gasteiger partial charge in [-0.15, -0.1) is 11.6 Å². The van der Waals surface area contributed by atoms with Gasteiger partial charge in [0.2, 0.25) is 0 Å². The molecule has 17 heavy (non-hydrogen) atoms. The summed E-state index contributed by atoms with van der Waals surface area (Å²) in [6, 6.07) is 10.6. The van der Waals surface area contributed by atoms with E-state index in [0.717, 1.165) is 12.8 Å². The standard InChI is InChI=1S/C16H25Cl/c1-2-3-4-5-6-10-13-16(17)14-15-11-8-7-9-12-15/h7-9,11-12,16H,2-6,10,13-14H2,1H3. The zero-order valence-corrected chi connectivity index (χ0v) is 11.8. The molecule has 0 aromatic heterocycles. The summed E-state index contributed by atoms with van der Waals surface area (Å²) in [5.41, 5.74) is 1.36. The number of hydrogen-bond donors (Lipinski definition) is 0. The van der Waals surface area contributed by atoms with Crippen LogP contribution in [0.15, 0.2) is 30.3 Å². The molecular formula is C16H25Cl. The first-order valence-corrected chi connectivity index (χ1v) is 7.44. The van der Waals surface area contributed by atoms with Gasteiger partial charge in [-0.3, -0.25) is 0 Å². The Balaban J connectivity index is 2.03. The van der Waals surface area contributed by atoms with Crippen molar-refractivity contribution < 1.29 is 0 Å². The van der Waals surface area contributed by atoms with E-state index in [-0.39, 0.29) is 0 Å². The summed E-state index contributed by atoms with van der Waals surface area (Å²) in [4.78, 5) is 0. The molecule has 0 nitrogen and oxygen atoms in total. The molecule has 0 fully saturated rings. The molecule has 0 amide bonds. The first-order chi connectivity index (χ1) is 8.33. The van der Waals surface area contributed by atoms with Gasteiger partial charge in [-0.2, -0.15) is 0 Å². The van der Waals surface area contributed by atoms with Crippen LogP contribution in [0.4, 0.5) is 0 Å². The summed E-state index contributed by atoms with van der Waals surface area (Å²) in [5.74, 6) is 0. The van der Waals surface area contributed by atoms with E-state index in [1.54, 1.807) is 0 Å². The third kappa shape index (κ3) is 7.44. The number of halogens is 1. The van der Waals surface area contributed by atoms with Crippen LogP contribution in [0.3, 0.4) is 0 Å². The van der Waals surface area contributed by atoms with E-state index in [0.29, 0.717) is 5.38 Å². The molecule has 96 valence electrons. The number of rotatable bonds is 9. The predicted octanol–water partition coefficient (Wildman–Crippen LogP) is 5.59. The molecule has 1 atom stereocenters. The Morgan fingerprint density at radius 1 is 0.941 bits per heavy atom. The molecular weight excluding hydrogens is 228 g/mol. The molecule has 0 heterocycles. The normalized spacial score (nSPS) is 12.6. The third-order valence-corrected chi connectivity index (χ3v) is 3.54. The molecule has 0 aliphatic rings. The molecule has 0 N–H and O–H groups in total. The highest BCUT2D eigenvalue weighted by atomic mass is 35.5. The lowest BCUT2D eigenvalue weighted by molar-refractivity contribution is 0.578. The van der Waals surface area contributed by atoms with Crippen LogP contribution in [-0.4, -0.2) is 5.38 Å². The second kappa shape index (κ2) is 9.53. The minimum absolute atomic E-state index is 0.309. The Hall–Kier alpha value is -0.490.